The predicted molar refractivity (Wildman–Crippen MR) is 71.3 cm³/mol. The number of thiazole rings is 1. The van der Waals surface area contributed by atoms with Crippen molar-refractivity contribution in [3.63, 3.8) is 0 Å². The standard InChI is InChI=1S/C13H19NO3S/c1-12(2)5-8-10(13(3,4)7-12)18-11(17)14(8)6-9(15)16/h5-7H2,1-4H3,(H,15,16). The first-order valence-corrected chi connectivity index (χ1v) is 6.89. The van der Waals surface area contributed by atoms with Gasteiger partial charge in [0.2, 0.25) is 0 Å². The normalized spacial score (nSPS) is 20.4. The van der Waals surface area contributed by atoms with Gasteiger partial charge in [-0.25, -0.2) is 0 Å². The van der Waals surface area contributed by atoms with Gasteiger partial charge in [-0.3, -0.25) is 14.2 Å². The van der Waals surface area contributed by atoms with Crippen LogP contribution in [-0.4, -0.2) is 15.6 Å². The maximum atomic E-state index is 12.0. The molecule has 0 bridgehead atoms. The van der Waals surface area contributed by atoms with E-state index in [1.54, 1.807) is 0 Å². The lowest BCUT2D eigenvalue weighted by Gasteiger charge is -2.40. The maximum Gasteiger partial charge on any atom is 0.323 e. The highest BCUT2D eigenvalue weighted by atomic mass is 32.1. The third kappa shape index (κ3) is 2.23. The minimum absolute atomic E-state index is 0.0509. The molecule has 0 saturated carbocycles. The monoisotopic (exact) mass is 269 g/mol. The molecule has 0 atom stereocenters. The lowest BCUT2D eigenvalue weighted by atomic mass is 9.67. The third-order valence-corrected chi connectivity index (χ3v) is 4.86. The number of nitrogens with zero attached hydrogens (tertiary/aromatic N) is 1. The molecular weight excluding hydrogens is 250 g/mol. The highest BCUT2D eigenvalue weighted by Crippen LogP contribution is 2.46. The number of aromatic nitrogens is 1. The average molecular weight is 269 g/mol. The molecule has 0 aromatic carbocycles. The Labute approximate surface area is 110 Å². The highest BCUT2D eigenvalue weighted by molar-refractivity contribution is 7.09. The van der Waals surface area contributed by atoms with Gasteiger partial charge in [0, 0.05) is 16.0 Å². The molecule has 1 heterocycles. The fourth-order valence-corrected chi connectivity index (χ4v) is 4.33. The lowest BCUT2D eigenvalue weighted by molar-refractivity contribution is -0.137. The van der Waals surface area contributed by atoms with E-state index in [1.807, 2.05) is 0 Å². The highest BCUT2D eigenvalue weighted by Gasteiger charge is 2.40. The van der Waals surface area contributed by atoms with Crippen LogP contribution in [0.25, 0.3) is 0 Å². The number of aliphatic carboxylic acids is 1. The number of fused-ring (bicyclic) bond motifs is 1. The van der Waals surface area contributed by atoms with Gasteiger partial charge in [-0.15, -0.1) is 0 Å². The molecule has 0 fully saturated rings. The summed E-state index contributed by atoms with van der Waals surface area (Å²) in [6, 6.07) is 0. The van der Waals surface area contributed by atoms with Crippen LogP contribution in [-0.2, 0) is 23.2 Å². The minimum atomic E-state index is -0.959. The summed E-state index contributed by atoms with van der Waals surface area (Å²) in [6.07, 6.45) is 1.79. The molecule has 1 aliphatic rings. The van der Waals surface area contributed by atoms with E-state index in [0.29, 0.717) is 0 Å². The van der Waals surface area contributed by atoms with Gasteiger partial charge in [0.05, 0.1) is 0 Å². The van der Waals surface area contributed by atoms with Gasteiger partial charge in [0.1, 0.15) is 6.54 Å². The maximum absolute atomic E-state index is 12.0. The Morgan fingerprint density at radius 2 is 2.00 bits per heavy atom. The Morgan fingerprint density at radius 3 is 2.56 bits per heavy atom. The van der Waals surface area contributed by atoms with Crippen LogP contribution in [0.2, 0.25) is 0 Å². The van der Waals surface area contributed by atoms with Crippen molar-refractivity contribution in [2.24, 2.45) is 5.41 Å². The minimum Gasteiger partial charge on any atom is -0.480 e. The van der Waals surface area contributed by atoms with Crippen LogP contribution in [0.1, 0.15) is 44.7 Å². The Balaban J connectivity index is 2.59. The molecule has 100 valence electrons. The van der Waals surface area contributed by atoms with Gasteiger partial charge in [-0.2, -0.15) is 0 Å². The number of hydrogen-bond donors (Lipinski definition) is 1. The third-order valence-electron chi connectivity index (χ3n) is 3.47. The number of hydrogen-bond acceptors (Lipinski definition) is 3. The first-order chi connectivity index (χ1) is 8.12. The van der Waals surface area contributed by atoms with Crippen LogP contribution in [0, 0.1) is 5.41 Å². The second-order valence-electron chi connectivity index (χ2n) is 6.53. The molecule has 0 amide bonds. The van der Waals surface area contributed by atoms with Gasteiger partial charge in [-0.1, -0.05) is 39.0 Å². The average Bonchev–Trinajstić information content (AvgIpc) is 2.42. The smallest absolute Gasteiger partial charge is 0.323 e. The Morgan fingerprint density at radius 1 is 1.39 bits per heavy atom. The largest absolute Gasteiger partial charge is 0.480 e. The molecule has 0 radical (unpaired) electrons. The number of carbonyl (C=O) groups is 1. The summed E-state index contributed by atoms with van der Waals surface area (Å²) in [6.45, 7) is 8.38. The quantitative estimate of drug-likeness (QED) is 0.895. The number of rotatable bonds is 2. The zero-order valence-corrected chi connectivity index (χ0v) is 12.1. The van der Waals surface area contributed by atoms with Gasteiger partial charge in [0.25, 0.3) is 0 Å². The summed E-state index contributed by atoms with van der Waals surface area (Å²) in [7, 11) is 0. The lowest BCUT2D eigenvalue weighted by Crippen LogP contribution is -2.35. The van der Waals surface area contributed by atoms with Crippen LogP contribution >= 0.6 is 11.3 Å². The fraction of sp³-hybridized carbons (Fsp3) is 0.692. The summed E-state index contributed by atoms with van der Waals surface area (Å²) in [5, 5.41) is 8.92. The van der Waals surface area contributed by atoms with Crippen LogP contribution in [0.3, 0.4) is 0 Å². The van der Waals surface area contributed by atoms with E-state index in [1.165, 1.54) is 15.9 Å². The summed E-state index contributed by atoms with van der Waals surface area (Å²) < 4.78 is 1.44. The Kier molecular flexibility index (Phi) is 2.93. The molecule has 1 aromatic heterocycles. The number of carboxylic acids is 1. The first-order valence-electron chi connectivity index (χ1n) is 6.07. The van der Waals surface area contributed by atoms with E-state index >= 15 is 0 Å². The van der Waals surface area contributed by atoms with E-state index in [-0.39, 0.29) is 22.2 Å². The second kappa shape index (κ2) is 3.95. The van der Waals surface area contributed by atoms with E-state index in [4.69, 9.17) is 5.11 Å². The molecule has 0 spiro atoms. The summed E-state index contributed by atoms with van der Waals surface area (Å²) in [5.74, 6) is -0.959. The van der Waals surface area contributed by atoms with Crippen LogP contribution < -0.4 is 4.87 Å². The number of carboxylic acid groups (broad SMARTS) is 1. The van der Waals surface area contributed by atoms with Crippen molar-refractivity contribution in [3.05, 3.63) is 20.2 Å². The van der Waals surface area contributed by atoms with E-state index in [9.17, 15) is 9.59 Å². The van der Waals surface area contributed by atoms with Gasteiger partial charge < -0.3 is 5.11 Å². The first kappa shape index (κ1) is 13.3. The van der Waals surface area contributed by atoms with Gasteiger partial charge in [0.15, 0.2) is 0 Å². The van der Waals surface area contributed by atoms with Gasteiger partial charge >= 0.3 is 10.8 Å². The molecule has 0 aliphatic heterocycles. The Bertz CT molecular complexity index is 551. The summed E-state index contributed by atoms with van der Waals surface area (Å²) in [5.41, 5.74) is 0.975. The topological polar surface area (TPSA) is 59.3 Å². The van der Waals surface area contributed by atoms with E-state index in [0.717, 1.165) is 23.4 Å². The van der Waals surface area contributed by atoms with Crippen molar-refractivity contribution in [2.45, 2.75) is 52.5 Å². The molecule has 18 heavy (non-hydrogen) atoms. The van der Waals surface area contributed by atoms with Crippen molar-refractivity contribution in [3.8, 4) is 0 Å². The molecule has 0 unspecified atom stereocenters. The molecule has 0 saturated heterocycles. The van der Waals surface area contributed by atoms with Crippen molar-refractivity contribution in [1.29, 1.82) is 0 Å². The van der Waals surface area contributed by atoms with Crippen LogP contribution in [0.5, 0.6) is 0 Å². The molecule has 2 rings (SSSR count). The second-order valence-corrected chi connectivity index (χ2v) is 7.49. The van der Waals surface area contributed by atoms with Crippen molar-refractivity contribution < 1.29 is 9.90 Å². The van der Waals surface area contributed by atoms with E-state index in [2.05, 4.69) is 27.7 Å². The zero-order valence-electron chi connectivity index (χ0n) is 11.2. The summed E-state index contributed by atoms with van der Waals surface area (Å²) >= 11 is 1.21. The van der Waals surface area contributed by atoms with Crippen molar-refractivity contribution in [1.82, 2.24) is 4.57 Å². The summed E-state index contributed by atoms with van der Waals surface area (Å²) in [4.78, 5) is 23.7. The van der Waals surface area contributed by atoms with E-state index < -0.39 is 5.97 Å². The van der Waals surface area contributed by atoms with Crippen molar-refractivity contribution in [2.75, 3.05) is 0 Å². The zero-order chi connectivity index (χ0) is 13.7. The van der Waals surface area contributed by atoms with Crippen LogP contribution in [0.15, 0.2) is 4.79 Å². The SMILES string of the molecule is CC1(C)Cc2c(sc(=O)n2CC(=O)O)C(C)(C)C1. The molecular formula is C13H19NO3S. The molecule has 4 nitrogen and oxygen atoms in total. The Hall–Kier alpha value is -1.10. The molecule has 1 aromatic rings. The van der Waals surface area contributed by atoms with Gasteiger partial charge in [-0.05, 0) is 18.3 Å². The van der Waals surface area contributed by atoms with Crippen molar-refractivity contribution >= 4 is 17.3 Å². The van der Waals surface area contributed by atoms with Crippen LogP contribution in [0.4, 0.5) is 0 Å². The fourth-order valence-electron chi connectivity index (χ4n) is 3.23. The molecule has 1 N–H and O–H groups in total. The predicted octanol–water partition coefficient (Wildman–Crippen LogP) is 2.24. The molecule has 5 heteroatoms. The molecule has 1 aliphatic carbocycles.